The summed E-state index contributed by atoms with van der Waals surface area (Å²) in [5.41, 5.74) is -1.90. The van der Waals surface area contributed by atoms with E-state index in [-0.39, 0.29) is 29.9 Å². The molecule has 1 fully saturated rings. The Labute approximate surface area is 254 Å². The molecule has 0 N–H and O–H groups in total. The van der Waals surface area contributed by atoms with Crippen molar-refractivity contribution in [2.24, 2.45) is 5.92 Å². The number of hydrogen-bond acceptors (Lipinski definition) is 7. The van der Waals surface area contributed by atoms with Gasteiger partial charge in [-0.15, -0.1) is 11.3 Å². The van der Waals surface area contributed by atoms with Crippen LogP contribution >= 0.6 is 11.3 Å². The summed E-state index contributed by atoms with van der Waals surface area (Å²) >= 11 is 1.31. The maximum absolute atomic E-state index is 14.7. The first-order valence-corrected chi connectivity index (χ1v) is 15.2. The molecule has 7 nitrogen and oxygen atoms in total. The van der Waals surface area contributed by atoms with E-state index in [1.54, 1.807) is 49.4 Å². The number of aromatic nitrogens is 3. The first-order chi connectivity index (χ1) is 19.8. The number of esters is 1. The summed E-state index contributed by atoms with van der Waals surface area (Å²) < 4.78 is 46.1. The third kappa shape index (κ3) is 6.92. The third-order valence-corrected chi connectivity index (χ3v) is 8.31. The van der Waals surface area contributed by atoms with Gasteiger partial charge >= 0.3 is 12.1 Å². The van der Waals surface area contributed by atoms with Crippen LogP contribution < -0.4 is 0 Å². The van der Waals surface area contributed by atoms with Crippen molar-refractivity contribution in [3.8, 4) is 0 Å². The highest BCUT2D eigenvalue weighted by atomic mass is 32.1. The predicted molar refractivity (Wildman–Crippen MR) is 159 cm³/mol. The number of carbonyl (C=O) groups is 2. The fraction of sp³-hybridized carbons (Fsp3) is 0.531. The van der Waals surface area contributed by atoms with Crippen molar-refractivity contribution in [1.29, 1.82) is 0 Å². The van der Waals surface area contributed by atoms with Gasteiger partial charge in [0, 0.05) is 29.3 Å². The Morgan fingerprint density at radius 2 is 1.67 bits per heavy atom. The number of hydrogen-bond donors (Lipinski definition) is 0. The SMILES string of the molecule is CC(C)C[C@@]1(C(=O)OC(C)(C)C)C[C@H](c2cnc(C(F)(F)F)cn2)[C@H](c2nccs2)N1C(=O)c1ccc(C(C)(C)C)cc1. The van der Waals surface area contributed by atoms with Crippen molar-refractivity contribution in [3.05, 3.63) is 75.8 Å². The minimum Gasteiger partial charge on any atom is -0.458 e. The average Bonchev–Trinajstić information content (AvgIpc) is 3.53. The van der Waals surface area contributed by atoms with Crippen LogP contribution in [0.15, 0.2) is 48.2 Å². The van der Waals surface area contributed by atoms with Crippen LogP contribution in [0.5, 0.6) is 0 Å². The molecule has 3 aromatic rings. The lowest BCUT2D eigenvalue weighted by Gasteiger charge is -2.41. The van der Waals surface area contributed by atoms with E-state index in [2.05, 4.69) is 35.7 Å². The molecule has 0 radical (unpaired) electrons. The molecule has 0 unspecified atom stereocenters. The summed E-state index contributed by atoms with van der Waals surface area (Å²) in [6, 6.07) is 6.51. The van der Waals surface area contributed by atoms with Gasteiger partial charge in [0.2, 0.25) is 0 Å². The second-order valence-electron chi connectivity index (χ2n) is 13.6. The van der Waals surface area contributed by atoms with E-state index < -0.39 is 46.8 Å². The van der Waals surface area contributed by atoms with E-state index in [4.69, 9.17) is 4.74 Å². The number of rotatable bonds is 6. The van der Waals surface area contributed by atoms with Gasteiger partial charge < -0.3 is 9.64 Å². The molecular formula is C32H39F3N4O3S. The number of carbonyl (C=O) groups excluding carboxylic acids is 2. The molecule has 0 aliphatic carbocycles. The first kappa shape index (κ1) is 32.6. The summed E-state index contributed by atoms with van der Waals surface area (Å²) in [5.74, 6) is -1.68. The topological polar surface area (TPSA) is 85.3 Å². The predicted octanol–water partition coefficient (Wildman–Crippen LogP) is 7.75. The van der Waals surface area contributed by atoms with Crippen LogP contribution in [0.25, 0.3) is 0 Å². The van der Waals surface area contributed by atoms with Crippen LogP contribution in [0, 0.1) is 5.92 Å². The van der Waals surface area contributed by atoms with E-state index in [0.29, 0.717) is 16.8 Å². The van der Waals surface area contributed by atoms with Crippen molar-refractivity contribution in [3.63, 3.8) is 0 Å². The molecule has 11 heteroatoms. The third-order valence-electron chi connectivity index (χ3n) is 7.47. The molecule has 2 aromatic heterocycles. The fourth-order valence-corrected chi connectivity index (χ4v) is 6.48. The van der Waals surface area contributed by atoms with Gasteiger partial charge in [-0.2, -0.15) is 13.2 Å². The summed E-state index contributed by atoms with van der Waals surface area (Å²) in [6.07, 6.45) is -0.922. The highest BCUT2D eigenvalue weighted by Gasteiger charge is 2.61. The molecule has 43 heavy (non-hydrogen) atoms. The van der Waals surface area contributed by atoms with E-state index in [9.17, 15) is 22.8 Å². The Bertz CT molecular complexity index is 1430. The standard InChI is InChI=1S/C32H39F3N4O3S/c1-19(2)15-31(28(41)42-30(6,7)8)16-22(23-17-38-24(18-37-23)32(33,34)35)25(26-36-13-14-43-26)39(31)27(40)20-9-11-21(12-10-20)29(3,4)5/h9-14,17-19,22,25H,15-16H2,1-8H3/t22-,25-,31+/m1/s1. The molecule has 1 aromatic carbocycles. The molecule has 1 amide bonds. The quantitative estimate of drug-likeness (QED) is 0.263. The molecule has 0 bridgehead atoms. The molecule has 0 saturated carbocycles. The van der Waals surface area contributed by atoms with Gasteiger partial charge in [-0.3, -0.25) is 9.78 Å². The van der Waals surface area contributed by atoms with Crippen molar-refractivity contribution in [1.82, 2.24) is 19.9 Å². The van der Waals surface area contributed by atoms with Crippen LogP contribution in [-0.4, -0.2) is 42.9 Å². The Morgan fingerprint density at radius 1 is 1.02 bits per heavy atom. The molecule has 1 aliphatic heterocycles. The van der Waals surface area contributed by atoms with E-state index in [1.807, 2.05) is 26.0 Å². The van der Waals surface area contributed by atoms with Gasteiger partial charge in [0.05, 0.1) is 17.9 Å². The zero-order valence-corrected chi connectivity index (χ0v) is 26.6. The molecule has 3 heterocycles. The van der Waals surface area contributed by atoms with Crippen LogP contribution in [0.1, 0.15) is 113 Å². The second kappa shape index (κ2) is 11.6. The summed E-state index contributed by atoms with van der Waals surface area (Å²) in [6.45, 7) is 15.4. The Morgan fingerprint density at radius 3 is 2.14 bits per heavy atom. The number of amides is 1. The normalized spacial score (nSPS) is 21.3. The number of nitrogens with zero attached hydrogens (tertiary/aromatic N) is 4. The lowest BCUT2D eigenvalue weighted by molar-refractivity contribution is -0.168. The number of likely N-dealkylation sites (tertiary alicyclic amines) is 1. The number of benzene rings is 1. The van der Waals surface area contributed by atoms with Crippen molar-refractivity contribution in [2.45, 2.75) is 103 Å². The van der Waals surface area contributed by atoms with E-state index >= 15 is 0 Å². The van der Waals surface area contributed by atoms with Gasteiger partial charge in [-0.1, -0.05) is 46.8 Å². The van der Waals surface area contributed by atoms with Crippen molar-refractivity contribution >= 4 is 23.2 Å². The van der Waals surface area contributed by atoms with Crippen LogP contribution in [0.4, 0.5) is 13.2 Å². The zero-order valence-electron chi connectivity index (χ0n) is 25.8. The Kier molecular flexibility index (Phi) is 8.81. The van der Waals surface area contributed by atoms with Crippen LogP contribution in [0.2, 0.25) is 0 Å². The fourth-order valence-electron chi connectivity index (χ4n) is 5.69. The maximum atomic E-state index is 14.7. The van der Waals surface area contributed by atoms with E-state index in [0.717, 1.165) is 11.8 Å². The molecule has 0 spiro atoms. The highest BCUT2D eigenvalue weighted by molar-refractivity contribution is 7.09. The van der Waals surface area contributed by atoms with Gasteiger partial charge in [0.1, 0.15) is 16.1 Å². The van der Waals surface area contributed by atoms with Crippen molar-refractivity contribution in [2.75, 3.05) is 0 Å². The van der Waals surface area contributed by atoms with Crippen LogP contribution in [0.3, 0.4) is 0 Å². The minimum absolute atomic E-state index is 0.0412. The van der Waals surface area contributed by atoms with Crippen LogP contribution in [-0.2, 0) is 21.1 Å². The lowest BCUT2D eigenvalue weighted by Crippen LogP contribution is -2.56. The molecule has 3 atom stereocenters. The smallest absolute Gasteiger partial charge is 0.434 e. The summed E-state index contributed by atoms with van der Waals surface area (Å²) in [7, 11) is 0. The molecule has 1 aliphatic rings. The van der Waals surface area contributed by atoms with E-state index in [1.165, 1.54) is 11.3 Å². The monoisotopic (exact) mass is 616 g/mol. The molecule has 232 valence electrons. The lowest BCUT2D eigenvalue weighted by atomic mass is 9.82. The number of alkyl halides is 3. The minimum atomic E-state index is -4.66. The van der Waals surface area contributed by atoms with Gasteiger partial charge in [-0.25, -0.2) is 14.8 Å². The first-order valence-electron chi connectivity index (χ1n) is 14.3. The highest BCUT2D eigenvalue weighted by Crippen LogP contribution is 2.55. The maximum Gasteiger partial charge on any atom is 0.434 e. The van der Waals surface area contributed by atoms with Gasteiger partial charge in [0.15, 0.2) is 5.69 Å². The number of ether oxygens (including phenoxy) is 1. The number of thiazole rings is 1. The summed E-state index contributed by atoms with van der Waals surface area (Å²) in [5, 5.41) is 2.31. The number of halogens is 3. The van der Waals surface area contributed by atoms with Gasteiger partial charge in [0.25, 0.3) is 5.91 Å². The van der Waals surface area contributed by atoms with Gasteiger partial charge in [-0.05, 0) is 62.6 Å². The molecular weight excluding hydrogens is 577 g/mol. The Balaban J connectivity index is 1.94. The van der Waals surface area contributed by atoms with Crippen molar-refractivity contribution < 1.29 is 27.5 Å². The molecule has 1 saturated heterocycles. The Hall–Kier alpha value is -3.34. The molecule has 4 rings (SSSR count). The zero-order chi connectivity index (χ0) is 32.0. The average molecular weight is 617 g/mol. The summed E-state index contributed by atoms with van der Waals surface area (Å²) in [4.78, 5) is 42.9. The second-order valence-corrected chi connectivity index (χ2v) is 14.5. The largest absolute Gasteiger partial charge is 0.458 e.